The summed E-state index contributed by atoms with van der Waals surface area (Å²) in [7, 11) is 0. The Hall–Kier alpha value is -1.42. The van der Waals surface area contributed by atoms with Gasteiger partial charge in [-0.15, -0.1) is 0 Å². The molecule has 1 fully saturated rings. The Balaban J connectivity index is 2.14. The van der Waals surface area contributed by atoms with Crippen LogP contribution in [0.15, 0.2) is 24.3 Å². The normalized spacial score (nSPS) is 28.2. The highest BCUT2D eigenvalue weighted by Gasteiger charge is 2.71. The van der Waals surface area contributed by atoms with Gasteiger partial charge < -0.3 is 9.47 Å². The fourth-order valence-electron chi connectivity index (χ4n) is 2.80. The van der Waals surface area contributed by atoms with Crippen molar-refractivity contribution in [1.29, 1.82) is 0 Å². The van der Waals surface area contributed by atoms with Crippen molar-refractivity contribution in [2.24, 2.45) is 0 Å². The molecule has 2 atom stereocenters. The molecule has 0 amide bonds. The number of ether oxygens (including phenoxy) is 2. The lowest BCUT2D eigenvalue weighted by molar-refractivity contribution is -0.149. The number of halogens is 1. The number of rotatable bonds is 6. The first-order valence-corrected chi connectivity index (χ1v) is 7.09. The van der Waals surface area contributed by atoms with Gasteiger partial charge in [0.1, 0.15) is 11.4 Å². The van der Waals surface area contributed by atoms with E-state index in [1.165, 1.54) is 12.1 Å². The van der Waals surface area contributed by atoms with Crippen molar-refractivity contribution in [2.45, 2.75) is 51.2 Å². The minimum absolute atomic E-state index is 0.263. The highest BCUT2D eigenvalue weighted by molar-refractivity contribution is 5.85. The minimum Gasteiger partial charge on any atom is -0.464 e. The maximum Gasteiger partial charge on any atom is 0.341 e. The third-order valence-corrected chi connectivity index (χ3v) is 3.87. The molecule has 3 nitrogen and oxygen atoms in total. The molecule has 1 saturated heterocycles. The first kappa shape index (κ1) is 15.0. The van der Waals surface area contributed by atoms with Crippen LogP contribution in [0.1, 0.15) is 39.2 Å². The number of esters is 1. The molecule has 1 heterocycles. The summed E-state index contributed by atoms with van der Waals surface area (Å²) in [5, 5.41) is 0. The van der Waals surface area contributed by atoms with Crippen LogP contribution in [0.4, 0.5) is 4.39 Å². The van der Waals surface area contributed by atoms with Crippen molar-refractivity contribution < 1.29 is 18.7 Å². The molecule has 1 aliphatic rings. The molecular weight excluding hydrogens is 259 g/mol. The third-order valence-electron chi connectivity index (χ3n) is 3.87. The summed E-state index contributed by atoms with van der Waals surface area (Å²) in [5.41, 5.74) is -0.449. The Bertz CT molecular complexity index is 485. The van der Waals surface area contributed by atoms with Crippen LogP contribution in [0, 0.1) is 5.82 Å². The lowest BCUT2D eigenvalue weighted by Gasteiger charge is -2.15. The van der Waals surface area contributed by atoms with Gasteiger partial charge in [-0.05, 0) is 38.0 Å². The number of benzene rings is 1. The molecule has 2 rings (SSSR count). The van der Waals surface area contributed by atoms with E-state index < -0.39 is 11.2 Å². The molecule has 0 N–H and O–H groups in total. The molecule has 1 aromatic carbocycles. The van der Waals surface area contributed by atoms with Crippen LogP contribution in [-0.2, 0) is 20.7 Å². The number of carbonyl (C=O) groups excluding carboxylic acids is 1. The van der Waals surface area contributed by atoms with Crippen molar-refractivity contribution in [3.63, 3.8) is 0 Å². The number of hydrogen-bond acceptors (Lipinski definition) is 3. The Morgan fingerprint density at radius 3 is 2.50 bits per heavy atom. The summed E-state index contributed by atoms with van der Waals surface area (Å²) >= 11 is 0. The van der Waals surface area contributed by atoms with Gasteiger partial charge in [-0.25, -0.2) is 9.18 Å². The van der Waals surface area contributed by atoms with E-state index in [1.54, 1.807) is 19.1 Å². The number of epoxide rings is 1. The molecule has 0 saturated carbocycles. The quantitative estimate of drug-likeness (QED) is 0.593. The van der Waals surface area contributed by atoms with E-state index in [1.807, 2.05) is 13.8 Å². The van der Waals surface area contributed by atoms with Crippen LogP contribution < -0.4 is 0 Å². The molecule has 0 bridgehead atoms. The van der Waals surface area contributed by atoms with E-state index in [0.717, 1.165) is 12.0 Å². The van der Waals surface area contributed by atoms with E-state index in [9.17, 15) is 9.18 Å². The zero-order chi connectivity index (χ0) is 14.8. The van der Waals surface area contributed by atoms with Crippen LogP contribution in [-0.4, -0.2) is 23.8 Å². The standard InChI is InChI=1S/C16H21FO3/c1-4-10-16(14(18)19-5-2)15(3,20-16)11-12-6-8-13(17)9-7-12/h6-9H,4-5,10-11H2,1-3H3. The zero-order valence-electron chi connectivity index (χ0n) is 12.2. The summed E-state index contributed by atoms with van der Waals surface area (Å²) in [6.45, 7) is 6.07. The van der Waals surface area contributed by atoms with Crippen molar-refractivity contribution in [1.82, 2.24) is 0 Å². The molecule has 2 unspecified atom stereocenters. The van der Waals surface area contributed by atoms with Crippen molar-refractivity contribution in [2.75, 3.05) is 6.61 Å². The van der Waals surface area contributed by atoms with Crippen LogP contribution in [0.5, 0.6) is 0 Å². The summed E-state index contributed by atoms with van der Waals surface area (Å²) < 4.78 is 23.9. The fourth-order valence-corrected chi connectivity index (χ4v) is 2.80. The predicted octanol–water partition coefficient (Wildman–Crippen LogP) is 3.26. The molecule has 1 aliphatic heterocycles. The van der Waals surface area contributed by atoms with E-state index in [4.69, 9.17) is 9.47 Å². The maximum atomic E-state index is 12.9. The summed E-state index contributed by atoms with van der Waals surface area (Å²) in [6, 6.07) is 6.30. The van der Waals surface area contributed by atoms with Crippen molar-refractivity contribution in [3.05, 3.63) is 35.6 Å². The lowest BCUT2D eigenvalue weighted by Crippen LogP contribution is -2.35. The second-order valence-corrected chi connectivity index (χ2v) is 5.43. The monoisotopic (exact) mass is 280 g/mol. The average Bonchev–Trinajstić information content (AvgIpc) is 2.99. The van der Waals surface area contributed by atoms with Gasteiger partial charge in [0.2, 0.25) is 0 Å². The maximum absolute atomic E-state index is 12.9. The van der Waals surface area contributed by atoms with Gasteiger partial charge in [0.05, 0.1) is 6.61 Å². The Morgan fingerprint density at radius 2 is 1.95 bits per heavy atom. The Morgan fingerprint density at radius 1 is 1.30 bits per heavy atom. The van der Waals surface area contributed by atoms with E-state index in [0.29, 0.717) is 19.4 Å². The van der Waals surface area contributed by atoms with Crippen LogP contribution in [0.25, 0.3) is 0 Å². The van der Waals surface area contributed by atoms with E-state index >= 15 is 0 Å². The van der Waals surface area contributed by atoms with Crippen molar-refractivity contribution in [3.8, 4) is 0 Å². The molecule has 1 aromatic rings. The van der Waals surface area contributed by atoms with Gasteiger partial charge in [0.25, 0.3) is 0 Å². The van der Waals surface area contributed by atoms with Gasteiger partial charge >= 0.3 is 5.97 Å². The highest BCUT2D eigenvalue weighted by atomic mass is 19.1. The molecule has 0 spiro atoms. The largest absolute Gasteiger partial charge is 0.464 e. The summed E-state index contributed by atoms with van der Waals surface area (Å²) in [6.07, 6.45) is 2.06. The SMILES string of the molecule is CCCC1(C(=O)OCC)OC1(C)Cc1ccc(F)cc1. The van der Waals surface area contributed by atoms with Gasteiger partial charge in [0.15, 0.2) is 5.60 Å². The van der Waals surface area contributed by atoms with E-state index in [2.05, 4.69) is 0 Å². The average molecular weight is 280 g/mol. The molecule has 0 aromatic heterocycles. The second-order valence-electron chi connectivity index (χ2n) is 5.43. The van der Waals surface area contributed by atoms with E-state index in [-0.39, 0.29) is 11.8 Å². The predicted molar refractivity (Wildman–Crippen MR) is 73.9 cm³/mol. The molecular formula is C16H21FO3. The summed E-state index contributed by atoms with van der Waals surface area (Å²) in [5.74, 6) is -0.549. The van der Waals surface area contributed by atoms with Gasteiger partial charge in [-0.1, -0.05) is 25.5 Å². The second kappa shape index (κ2) is 5.52. The first-order chi connectivity index (χ1) is 9.47. The van der Waals surface area contributed by atoms with Gasteiger partial charge in [-0.2, -0.15) is 0 Å². The van der Waals surface area contributed by atoms with Crippen LogP contribution in [0.3, 0.4) is 0 Å². The smallest absolute Gasteiger partial charge is 0.341 e. The number of carbonyl (C=O) groups is 1. The number of hydrogen-bond donors (Lipinski definition) is 0. The van der Waals surface area contributed by atoms with Crippen LogP contribution in [0.2, 0.25) is 0 Å². The van der Waals surface area contributed by atoms with Gasteiger partial charge in [-0.3, -0.25) is 0 Å². The zero-order valence-corrected chi connectivity index (χ0v) is 12.2. The molecule has 110 valence electrons. The topological polar surface area (TPSA) is 38.8 Å². The molecule has 4 heteroatoms. The first-order valence-electron chi connectivity index (χ1n) is 7.09. The van der Waals surface area contributed by atoms with Crippen molar-refractivity contribution >= 4 is 5.97 Å². The lowest BCUT2D eigenvalue weighted by atomic mass is 9.85. The van der Waals surface area contributed by atoms with Gasteiger partial charge in [0, 0.05) is 6.42 Å². The Kier molecular flexibility index (Phi) is 4.14. The fraction of sp³-hybridized carbons (Fsp3) is 0.562. The Labute approximate surface area is 119 Å². The third kappa shape index (κ3) is 2.57. The molecule has 0 aliphatic carbocycles. The van der Waals surface area contributed by atoms with Crippen LogP contribution >= 0.6 is 0 Å². The molecule has 20 heavy (non-hydrogen) atoms. The highest BCUT2D eigenvalue weighted by Crippen LogP contribution is 2.53. The molecule has 0 radical (unpaired) electrons. The summed E-state index contributed by atoms with van der Waals surface area (Å²) in [4.78, 5) is 12.2. The minimum atomic E-state index is -0.841.